The van der Waals surface area contributed by atoms with Gasteiger partial charge in [-0.25, -0.2) is 4.39 Å². The first-order valence-corrected chi connectivity index (χ1v) is 5.86. The third-order valence-corrected chi connectivity index (χ3v) is 3.48. The second-order valence-electron chi connectivity index (χ2n) is 4.14. The lowest BCUT2D eigenvalue weighted by Gasteiger charge is -2.12. The van der Waals surface area contributed by atoms with Gasteiger partial charge in [0, 0.05) is 9.11 Å². The van der Waals surface area contributed by atoms with Crippen molar-refractivity contribution in [3.8, 4) is 0 Å². The maximum Gasteiger partial charge on any atom is 0.252 e. The molecule has 0 atom stereocenters. The summed E-state index contributed by atoms with van der Waals surface area (Å²) in [4.78, 5) is 11.8. The Morgan fingerprint density at radius 1 is 1.53 bits per heavy atom. The summed E-state index contributed by atoms with van der Waals surface area (Å²) in [6, 6.07) is 4.20. The molecule has 1 saturated carbocycles. The number of hydrogen-bond donors (Lipinski definition) is 1. The highest BCUT2D eigenvalue weighted by atomic mass is 127. The highest BCUT2D eigenvalue weighted by Crippen LogP contribution is 2.34. The van der Waals surface area contributed by atoms with E-state index < -0.39 is 0 Å². The number of hydrogen-bond acceptors (Lipinski definition) is 1. The molecule has 0 saturated heterocycles. The minimum absolute atomic E-state index is 0.0332. The zero-order valence-electron chi connectivity index (χ0n) is 8.31. The summed E-state index contributed by atoms with van der Waals surface area (Å²) in [6.45, 7) is 2.02. The first-order valence-electron chi connectivity index (χ1n) is 4.78. The summed E-state index contributed by atoms with van der Waals surface area (Å²) in [5, 5.41) is 2.94. The Morgan fingerprint density at radius 2 is 2.20 bits per heavy atom. The van der Waals surface area contributed by atoms with Gasteiger partial charge >= 0.3 is 0 Å². The van der Waals surface area contributed by atoms with Crippen LogP contribution in [0.15, 0.2) is 18.2 Å². The monoisotopic (exact) mass is 319 g/mol. The molecule has 1 aromatic rings. The van der Waals surface area contributed by atoms with Crippen LogP contribution in [-0.4, -0.2) is 11.4 Å². The van der Waals surface area contributed by atoms with E-state index in [2.05, 4.69) is 5.32 Å². The fourth-order valence-electron chi connectivity index (χ4n) is 1.33. The number of carbonyl (C=O) groups excluding carboxylic acids is 1. The number of amides is 1. The molecule has 1 aliphatic rings. The van der Waals surface area contributed by atoms with Crippen LogP contribution in [0.4, 0.5) is 4.39 Å². The number of benzene rings is 1. The number of halogens is 2. The van der Waals surface area contributed by atoms with Gasteiger partial charge in [0.2, 0.25) is 0 Å². The van der Waals surface area contributed by atoms with E-state index in [4.69, 9.17) is 0 Å². The Bertz CT molecular complexity index is 415. The molecule has 1 aliphatic carbocycles. The number of nitrogens with one attached hydrogen (secondary N) is 1. The fourth-order valence-corrected chi connectivity index (χ4v) is 2.05. The van der Waals surface area contributed by atoms with Crippen molar-refractivity contribution in [1.29, 1.82) is 0 Å². The van der Waals surface area contributed by atoms with E-state index >= 15 is 0 Å². The summed E-state index contributed by atoms with van der Waals surface area (Å²) in [6.07, 6.45) is 2.05. The Balaban J connectivity index is 2.18. The quantitative estimate of drug-likeness (QED) is 0.835. The van der Waals surface area contributed by atoms with Crippen molar-refractivity contribution in [2.24, 2.45) is 0 Å². The molecule has 1 amide bonds. The third kappa shape index (κ3) is 2.48. The summed E-state index contributed by atoms with van der Waals surface area (Å²) in [5.74, 6) is -0.423. The van der Waals surface area contributed by atoms with Crippen molar-refractivity contribution >= 4 is 28.5 Å². The topological polar surface area (TPSA) is 29.1 Å². The maximum absolute atomic E-state index is 12.8. The normalized spacial score (nSPS) is 17.3. The van der Waals surface area contributed by atoms with Crippen LogP contribution in [0, 0.1) is 9.39 Å². The van der Waals surface area contributed by atoms with E-state index in [9.17, 15) is 9.18 Å². The molecule has 1 fully saturated rings. The molecular formula is C11H11FINO. The van der Waals surface area contributed by atoms with Crippen LogP contribution in [0.1, 0.15) is 30.1 Å². The summed E-state index contributed by atoms with van der Waals surface area (Å²) >= 11 is 1.97. The molecular weight excluding hydrogens is 308 g/mol. The molecule has 4 heteroatoms. The fraction of sp³-hybridized carbons (Fsp3) is 0.364. The first kappa shape index (κ1) is 10.9. The van der Waals surface area contributed by atoms with Crippen molar-refractivity contribution in [2.75, 3.05) is 0 Å². The van der Waals surface area contributed by atoms with Gasteiger partial charge in [-0.1, -0.05) is 0 Å². The molecule has 0 aliphatic heterocycles. The summed E-state index contributed by atoms with van der Waals surface area (Å²) in [7, 11) is 0. The Kier molecular flexibility index (Phi) is 2.70. The van der Waals surface area contributed by atoms with Crippen molar-refractivity contribution < 1.29 is 9.18 Å². The predicted octanol–water partition coefficient (Wildman–Crippen LogP) is 2.71. The summed E-state index contributed by atoms with van der Waals surface area (Å²) < 4.78 is 13.5. The molecule has 1 N–H and O–H groups in total. The van der Waals surface area contributed by atoms with E-state index in [1.807, 2.05) is 29.5 Å². The average molecular weight is 319 g/mol. The molecule has 2 nitrogen and oxygen atoms in total. The molecule has 80 valence electrons. The largest absolute Gasteiger partial charge is 0.347 e. The molecule has 15 heavy (non-hydrogen) atoms. The maximum atomic E-state index is 12.8. The van der Waals surface area contributed by atoms with E-state index in [-0.39, 0.29) is 17.3 Å². The SMILES string of the molecule is CC1(NC(=O)c2ccc(F)cc2I)CC1. The van der Waals surface area contributed by atoms with Gasteiger partial charge in [-0.05, 0) is 60.6 Å². The zero-order valence-corrected chi connectivity index (χ0v) is 10.5. The number of carbonyl (C=O) groups is 1. The van der Waals surface area contributed by atoms with E-state index in [1.165, 1.54) is 18.2 Å². The van der Waals surface area contributed by atoms with Gasteiger partial charge in [-0.2, -0.15) is 0 Å². The molecule has 1 aromatic carbocycles. The van der Waals surface area contributed by atoms with Crippen LogP contribution in [0.25, 0.3) is 0 Å². The van der Waals surface area contributed by atoms with E-state index in [0.29, 0.717) is 9.13 Å². The second-order valence-corrected chi connectivity index (χ2v) is 5.30. The van der Waals surface area contributed by atoms with Crippen LogP contribution in [0.5, 0.6) is 0 Å². The summed E-state index contributed by atoms with van der Waals surface area (Å²) in [5.41, 5.74) is 0.513. The van der Waals surface area contributed by atoms with Crippen molar-refractivity contribution in [3.63, 3.8) is 0 Å². The van der Waals surface area contributed by atoms with E-state index in [1.54, 1.807) is 0 Å². The highest BCUT2D eigenvalue weighted by molar-refractivity contribution is 14.1. The van der Waals surface area contributed by atoms with Gasteiger partial charge in [0.25, 0.3) is 5.91 Å². The third-order valence-electron chi connectivity index (χ3n) is 2.59. The Morgan fingerprint density at radius 3 is 2.73 bits per heavy atom. The molecule has 0 radical (unpaired) electrons. The highest BCUT2D eigenvalue weighted by Gasteiger charge is 2.39. The van der Waals surface area contributed by atoms with Gasteiger partial charge in [0.05, 0.1) is 5.56 Å². The molecule has 0 spiro atoms. The van der Waals surface area contributed by atoms with Gasteiger partial charge in [-0.15, -0.1) is 0 Å². The van der Waals surface area contributed by atoms with Crippen LogP contribution < -0.4 is 5.32 Å². The van der Waals surface area contributed by atoms with Crippen LogP contribution in [-0.2, 0) is 0 Å². The lowest BCUT2D eigenvalue weighted by atomic mass is 10.2. The second kappa shape index (κ2) is 3.73. The first-order chi connectivity index (χ1) is 7.00. The lowest BCUT2D eigenvalue weighted by molar-refractivity contribution is 0.0934. The average Bonchev–Trinajstić information content (AvgIpc) is 2.82. The van der Waals surface area contributed by atoms with Gasteiger partial charge < -0.3 is 5.32 Å². The van der Waals surface area contributed by atoms with Gasteiger partial charge in [0.1, 0.15) is 5.82 Å². The minimum Gasteiger partial charge on any atom is -0.347 e. The number of rotatable bonds is 2. The zero-order chi connectivity index (χ0) is 11.1. The van der Waals surface area contributed by atoms with E-state index in [0.717, 1.165) is 12.8 Å². The predicted molar refractivity (Wildman–Crippen MR) is 64.2 cm³/mol. The molecule has 0 heterocycles. The Labute approximate surface area is 101 Å². The van der Waals surface area contributed by atoms with Crippen LogP contribution in [0.3, 0.4) is 0 Å². The van der Waals surface area contributed by atoms with Gasteiger partial charge in [-0.3, -0.25) is 4.79 Å². The van der Waals surface area contributed by atoms with Crippen molar-refractivity contribution in [3.05, 3.63) is 33.1 Å². The van der Waals surface area contributed by atoms with Crippen LogP contribution in [0.2, 0.25) is 0 Å². The minimum atomic E-state index is -0.311. The van der Waals surface area contributed by atoms with Crippen molar-refractivity contribution in [2.45, 2.75) is 25.3 Å². The smallest absolute Gasteiger partial charge is 0.252 e. The standard InChI is InChI=1S/C11H11FINO/c1-11(4-5-11)14-10(15)8-3-2-7(12)6-9(8)13/h2-3,6H,4-5H2,1H3,(H,14,15). The molecule has 0 bridgehead atoms. The molecule has 0 aromatic heterocycles. The Hall–Kier alpha value is -0.650. The van der Waals surface area contributed by atoms with Crippen LogP contribution >= 0.6 is 22.6 Å². The van der Waals surface area contributed by atoms with Crippen molar-refractivity contribution in [1.82, 2.24) is 5.32 Å². The van der Waals surface area contributed by atoms with Gasteiger partial charge in [0.15, 0.2) is 0 Å². The molecule has 0 unspecified atom stereocenters. The lowest BCUT2D eigenvalue weighted by Crippen LogP contribution is -2.34. The molecule has 2 rings (SSSR count).